The molecule has 0 amide bonds. The molecular formula is C28H24F3N5S. The number of halogens is 3. The molecule has 188 valence electrons. The molecule has 0 saturated carbocycles. The Kier molecular flexibility index (Phi) is 8.21. The van der Waals surface area contributed by atoms with Crippen molar-refractivity contribution in [3.63, 3.8) is 0 Å². The van der Waals surface area contributed by atoms with Gasteiger partial charge in [-0.2, -0.15) is 18.4 Å². The Balaban J connectivity index is 1.53. The van der Waals surface area contributed by atoms with Crippen LogP contribution < -0.4 is 5.32 Å². The van der Waals surface area contributed by atoms with E-state index in [-0.39, 0.29) is 12.1 Å². The molecule has 0 unspecified atom stereocenters. The summed E-state index contributed by atoms with van der Waals surface area (Å²) in [7, 11) is 0. The maximum atomic E-state index is 13.7. The van der Waals surface area contributed by atoms with E-state index < -0.39 is 11.7 Å². The number of aromatic nitrogens is 2. The number of hydrogen-bond acceptors (Lipinski definition) is 3. The summed E-state index contributed by atoms with van der Waals surface area (Å²) in [6, 6.07) is 24.3. The molecule has 37 heavy (non-hydrogen) atoms. The maximum Gasteiger partial charge on any atom is 0.416 e. The second-order valence-electron chi connectivity index (χ2n) is 8.44. The summed E-state index contributed by atoms with van der Waals surface area (Å²) in [6.07, 6.45) is -0.478. The normalized spacial score (nSPS) is 11.1. The molecule has 4 rings (SSSR count). The molecule has 1 heterocycles. The second-order valence-corrected chi connectivity index (χ2v) is 8.83. The van der Waals surface area contributed by atoms with Crippen LogP contribution in [0.1, 0.15) is 27.9 Å². The Labute approximate surface area is 218 Å². The average molecular weight is 520 g/mol. The van der Waals surface area contributed by atoms with Gasteiger partial charge in [0.15, 0.2) is 5.11 Å². The Morgan fingerprint density at radius 2 is 1.70 bits per heavy atom. The van der Waals surface area contributed by atoms with E-state index in [2.05, 4.69) is 16.4 Å². The second kappa shape index (κ2) is 11.7. The van der Waals surface area contributed by atoms with Gasteiger partial charge in [-0.15, -0.1) is 0 Å². The van der Waals surface area contributed by atoms with E-state index in [1.54, 1.807) is 35.6 Å². The number of benzene rings is 3. The lowest BCUT2D eigenvalue weighted by atomic mass is 10.1. The zero-order valence-corrected chi connectivity index (χ0v) is 20.6. The molecule has 0 saturated heterocycles. The highest BCUT2D eigenvalue weighted by Gasteiger charge is 2.33. The van der Waals surface area contributed by atoms with Crippen LogP contribution in [0.3, 0.4) is 0 Å². The van der Waals surface area contributed by atoms with E-state index in [4.69, 9.17) is 17.5 Å². The fourth-order valence-corrected chi connectivity index (χ4v) is 4.22. The molecule has 0 atom stereocenters. The fraction of sp³-hybridized carbons (Fsp3) is 0.179. The van der Waals surface area contributed by atoms with Crippen LogP contribution >= 0.6 is 12.2 Å². The van der Waals surface area contributed by atoms with Gasteiger partial charge in [-0.25, -0.2) is 4.98 Å². The lowest BCUT2D eigenvalue weighted by Gasteiger charge is -2.27. The van der Waals surface area contributed by atoms with Crippen LogP contribution in [0.15, 0.2) is 91.4 Å². The maximum absolute atomic E-state index is 13.7. The molecule has 1 aromatic heterocycles. The van der Waals surface area contributed by atoms with Gasteiger partial charge in [0.2, 0.25) is 0 Å². The summed E-state index contributed by atoms with van der Waals surface area (Å²) in [4.78, 5) is 6.01. The van der Waals surface area contributed by atoms with Gasteiger partial charge >= 0.3 is 6.18 Å². The third kappa shape index (κ3) is 6.96. The number of imidazole rings is 1. The van der Waals surface area contributed by atoms with E-state index in [1.165, 1.54) is 12.1 Å². The van der Waals surface area contributed by atoms with Crippen LogP contribution in [-0.4, -0.2) is 26.1 Å². The molecular weight excluding hydrogens is 495 g/mol. The van der Waals surface area contributed by atoms with Gasteiger partial charge in [0.1, 0.15) is 0 Å². The first-order valence-electron chi connectivity index (χ1n) is 11.6. The van der Waals surface area contributed by atoms with Crippen LogP contribution in [0, 0.1) is 11.3 Å². The molecule has 4 aromatic rings. The van der Waals surface area contributed by atoms with Crippen molar-refractivity contribution in [2.45, 2.75) is 25.7 Å². The van der Waals surface area contributed by atoms with E-state index >= 15 is 0 Å². The SMILES string of the molecule is N#Cc1ccc(Cn2cncc2CCN(Cc2ccccc2C(F)(F)F)C(=S)Nc2ccccc2)cc1. The number of anilines is 1. The summed E-state index contributed by atoms with van der Waals surface area (Å²) in [5, 5.41) is 12.5. The molecule has 0 aliphatic heterocycles. The van der Waals surface area contributed by atoms with Gasteiger partial charge in [0.25, 0.3) is 0 Å². The quantitative estimate of drug-likeness (QED) is 0.278. The summed E-state index contributed by atoms with van der Waals surface area (Å²) in [5.74, 6) is 0. The predicted octanol–water partition coefficient (Wildman–Crippen LogP) is 6.26. The molecule has 0 fully saturated rings. The van der Waals surface area contributed by atoms with Crippen LogP contribution in [0.4, 0.5) is 18.9 Å². The van der Waals surface area contributed by atoms with Crippen LogP contribution in [0.2, 0.25) is 0 Å². The Hall–Kier alpha value is -4.16. The minimum Gasteiger partial charge on any atom is -0.344 e. The van der Waals surface area contributed by atoms with E-state index in [9.17, 15) is 13.2 Å². The zero-order chi connectivity index (χ0) is 26.3. The Bertz CT molecular complexity index is 1380. The van der Waals surface area contributed by atoms with E-state index in [1.807, 2.05) is 47.0 Å². The Morgan fingerprint density at radius 1 is 1.00 bits per heavy atom. The van der Waals surface area contributed by atoms with E-state index in [0.29, 0.717) is 30.2 Å². The lowest BCUT2D eigenvalue weighted by molar-refractivity contribution is -0.138. The molecule has 9 heteroatoms. The van der Waals surface area contributed by atoms with Crippen molar-refractivity contribution in [3.05, 3.63) is 119 Å². The van der Waals surface area contributed by atoms with Crippen molar-refractivity contribution in [1.29, 1.82) is 5.26 Å². The smallest absolute Gasteiger partial charge is 0.344 e. The van der Waals surface area contributed by atoms with Crippen LogP contribution in [0.5, 0.6) is 0 Å². The number of hydrogen-bond donors (Lipinski definition) is 1. The zero-order valence-electron chi connectivity index (χ0n) is 19.8. The van der Waals surface area contributed by atoms with Crippen molar-refractivity contribution in [3.8, 4) is 6.07 Å². The summed E-state index contributed by atoms with van der Waals surface area (Å²) >= 11 is 5.63. The lowest BCUT2D eigenvalue weighted by Crippen LogP contribution is -2.36. The highest BCUT2D eigenvalue weighted by atomic mass is 32.1. The molecule has 3 aromatic carbocycles. The van der Waals surface area contributed by atoms with Gasteiger partial charge in [-0.1, -0.05) is 48.5 Å². The molecule has 0 aliphatic rings. The number of rotatable bonds is 8. The molecule has 0 radical (unpaired) electrons. The van der Waals surface area contributed by atoms with Crippen molar-refractivity contribution in [2.24, 2.45) is 0 Å². The minimum absolute atomic E-state index is 0.00188. The van der Waals surface area contributed by atoms with Gasteiger partial charge < -0.3 is 14.8 Å². The number of alkyl halides is 3. The number of para-hydroxylation sites is 1. The first kappa shape index (κ1) is 25.9. The third-order valence-corrected chi connectivity index (χ3v) is 6.23. The summed E-state index contributed by atoms with van der Waals surface area (Å²) < 4.78 is 43.0. The predicted molar refractivity (Wildman–Crippen MR) is 141 cm³/mol. The van der Waals surface area contributed by atoms with E-state index in [0.717, 1.165) is 23.0 Å². The number of nitriles is 1. The van der Waals surface area contributed by atoms with Crippen LogP contribution in [-0.2, 0) is 25.7 Å². The van der Waals surface area contributed by atoms with Crippen molar-refractivity contribution >= 4 is 23.0 Å². The number of nitrogens with one attached hydrogen (secondary N) is 1. The highest BCUT2D eigenvalue weighted by Crippen LogP contribution is 2.32. The molecule has 5 nitrogen and oxygen atoms in total. The molecule has 0 aliphatic carbocycles. The first-order valence-corrected chi connectivity index (χ1v) is 12.0. The summed E-state index contributed by atoms with van der Waals surface area (Å²) in [5.41, 5.74) is 2.75. The number of thiocarbonyl (C=S) groups is 1. The van der Waals surface area contributed by atoms with Crippen molar-refractivity contribution in [2.75, 3.05) is 11.9 Å². The van der Waals surface area contributed by atoms with Gasteiger partial charge in [-0.05, 0) is 53.7 Å². The molecule has 1 N–H and O–H groups in total. The average Bonchev–Trinajstić information content (AvgIpc) is 3.34. The van der Waals surface area contributed by atoms with Gasteiger partial charge in [0.05, 0.1) is 23.5 Å². The van der Waals surface area contributed by atoms with Crippen molar-refractivity contribution in [1.82, 2.24) is 14.5 Å². The topological polar surface area (TPSA) is 56.9 Å². The molecule has 0 bridgehead atoms. The summed E-state index contributed by atoms with van der Waals surface area (Å²) in [6.45, 7) is 0.937. The highest BCUT2D eigenvalue weighted by molar-refractivity contribution is 7.80. The van der Waals surface area contributed by atoms with Gasteiger partial charge in [0, 0.05) is 43.6 Å². The van der Waals surface area contributed by atoms with Gasteiger partial charge in [-0.3, -0.25) is 0 Å². The van der Waals surface area contributed by atoms with Crippen LogP contribution in [0.25, 0.3) is 0 Å². The van der Waals surface area contributed by atoms with Crippen molar-refractivity contribution < 1.29 is 13.2 Å². The standard InChI is InChI=1S/C28H24F3N5S/c29-28(30,31)26-9-5-4-6-23(26)19-35(27(37)34-24-7-2-1-3-8-24)15-14-25-17-33-20-36(25)18-22-12-10-21(16-32)11-13-22/h1-13,17,20H,14-15,18-19H2,(H,34,37). The number of nitrogens with zero attached hydrogens (tertiary/aromatic N) is 4. The largest absolute Gasteiger partial charge is 0.416 e. The Morgan fingerprint density at radius 3 is 2.41 bits per heavy atom. The minimum atomic E-state index is -4.46. The molecule has 0 spiro atoms. The first-order chi connectivity index (χ1) is 17.8. The monoisotopic (exact) mass is 519 g/mol. The third-order valence-electron chi connectivity index (χ3n) is 5.87. The fourth-order valence-electron chi connectivity index (χ4n) is 3.95.